The van der Waals surface area contributed by atoms with Crippen LogP contribution in [-0.2, 0) is 6.56 Å². The van der Waals surface area contributed by atoms with E-state index in [0.29, 0.717) is 10.6 Å². The van der Waals surface area contributed by atoms with Crippen molar-refractivity contribution >= 4 is 10.9 Å². The molecule has 4 aromatic rings. The minimum absolute atomic E-state index is 0.486. The number of aromatic nitrogens is 1. The van der Waals surface area contributed by atoms with Gasteiger partial charge in [-0.1, -0.05) is 30.2 Å². The molecule has 0 atom stereocenters. The van der Waals surface area contributed by atoms with Gasteiger partial charge in [0.1, 0.15) is 12.3 Å². The molecule has 5 heteroatoms. The molecule has 0 aliphatic heterocycles. The lowest BCUT2D eigenvalue weighted by molar-refractivity contribution is 0.290. The van der Waals surface area contributed by atoms with Crippen molar-refractivity contribution in [2.24, 2.45) is 0 Å². The van der Waals surface area contributed by atoms with Gasteiger partial charge in [0, 0.05) is 23.3 Å². The molecule has 0 radical (unpaired) electrons. The van der Waals surface area contributed by atoms with Gasteiger partial charge in [0.2, 0.25) is 0 Å². The first-order valence-corrected chi connectivity index (χ1v) is 7.27. The van der Waals surface area contributed by atoms with E-state index in [2.05, 4.69) is 5.11 Å². The molecule has 3 aromatic carbocycles. The van der Waals surface area contributed by atoms with E-state index in [4.69, 9.17) is 24.0 Å². The third-order valence-electron chi connectivity index (χ3n) is 3.33. The van der Waals surface area contributed by atoms with Crippen LogP contribution in [0.5, 0.6) is 11.5 Å². The molecule has 0 fully saturated rings. The molecule has 0 spiro atoms. The Labute approximate surface area is 175 Å². The van der Waals surface area contributed by atoms with Crippen LogP contribution in [0.4, 0.5) is 4.39 Å². The Kier molecular flexibility index (Phi) is 1.80. The maximum atomic E-state index is 15.6. The van der Waals surface area contributed by atoms with Crippen LogP contribution in [0.15, 0.2) is 72.7 Å². The van der Waals surface area contributed by atoms with Crippen molar-refractivity contribution in [2.45, 2.75) is 6.56 Å². The minimum Gasteiger partial charge on any atom is -0.507 e. The van der Waals surface area contributed by atoms with E-state index in [1.165, 1.54) is 0 Å². The molecule has 0 amide bonds. The van der Waals surface area contributed by atoms with Crippen LogP contribution in [0.25, 0.3) is 16.6 Å². The number of phenols is 1. The van der Waals surface area contributed by atoms with Gasteiger partial charge in [-0.15, -0.1) is 0 Å². The molecule has 4 nitrogen and oxygen atoms in total. The summed E-state index contributed by atoms with van der Waals surface area (Å²) in [6, 6.07) is -6.40. The first-order chi connectivity index (χ1) is 19.0. The lowest BCUT2D eigenvalue weighted by Crippen LogP contribution is -1.99. The van der Waals surface area contributed by atoms with E-state index in [9.17, 15) is 5.26 Å². The van der Waals surface area contributed by atoms with Crippen molar-refractivity contribution in [1.29, 1.82) is 6.69 Å². The molecule has 0 aliphatic rings. The Balaban J connectivity index is 2.02. The number of halogens is 1. The number of benzene rings is 3. The van der Waals surface area contributed by atoms with Gasteiger partial charge in [-0.05, 0) is 35.8 Å². The molecule has 132 valence electrons. The van der Waals surface area contributed by atoms with E-state index in [0.717, 1.165) is 0 Å². The predicted molar refractivity (Wildman–Crippen MR) is 100 cm³/mol. The zero-order valence-electron chi connectivity index (χ0n) is 27.2. The molecule has 0 saturated heterocycles. The maximum Gasteiger partial charge on any atom is 0.293 e. The van der Waals surface area contributed by atoms with Gasteiger partial charge in [-0.3, -0.25) is 0 Å². The second-order valence-electron chi connectivity index (χ2n) is 5.01. The summed E-state index contributed by atoms with van der Waals surface area (Å²) in [5.74, 6) is -3.68. The second kappa shape index (κ2) is 6.85. The Bertz CT molecular complexity index is 1800. The van der Waals surface area contributed by atoms with Crippen LogP contribution in [0.2, 0.25) is 0 Å². The molecule has 0 aliphatic carbocycles. The molecular weight excluding hydrogens is 343 g/mol. The average Bonchev–Trinajstić information content (AvgIpc) is 3.17. The number of fused-ring (bicyclic) bond motifs is 1. The smallest absolute Gasteiger partial charge is 0.293 e. The van der Waals surface area contributed by atoms with Crippen molar-refractivity contribution < 1.29 is 32.1 Å². The topological polar surface area (TPSA) is 58.2 Å². The maximum absolute atomic E-state index is 15.6. The number of nitrogens with zero attached hydrogens (tertiary/aromatic N) is 2. The number of phenolic OH excluding ortho intramolecular Hbond substituents is 1. The number of rotatable bonds is 5. The quantitative estimate of drug-likeness (QED) is 0.541. The standard InChI is InChI=1S/C22H15FN2O2/c23-19-12-17(6-7-22(19)27-14-15-4-2-1-3-5-15)25-9-8-18-20(25)10-16(13-24)11-21(18)26/h1-12,26H,14H2/i1D,2D,3D,4D,6D,7D,8D,9D,10D,11D,12D,14D2/hD. The summed E-state index contributed by atoms with van der Waals surface area (Å²) in [6.07, 6.45) is -0.869. The van der Waals surface area contributed by atoms with E-state index in [1.54, 1.807) is 6.07 Å². The molecule has 0 bridgehead atoms. The lowest BCUT2D eigenvalue weighted by Gasteiger charge is -2.11. The van der Waals surface area contributed by atoms with Crippen molar-refractivity contribution in [3.63, 3.8) is 0 Å². The third-order valence-corrected chi connectivity index (χ3v) is 3.33. The van der Waals surface area contributed by atoms with Crippen LogP contribution in [0, 0.1) is 17.1 Å². The number of hydrogen-bond donors (Lipinski definition) is 1. The average molecular weight is 372 g/mol. The fourth-order valence-corrected chi connectivity index (χ4v) is 2.16. The van der Waals surface area contributed by atoms with E-state index in [1.807, 2.05) is 0 Å². The zero-order chi connectivity index (χ0) is 30.9. The molecule has 27 heavy (non-hydrogen) atoms. The number of aromatic hydroxyl groups is 1. The highest BCUT2D eigenvalue weighted by atomic mass is 19.1. The summed E-state index contributed by atoms with van der Waals surface area (Å²) in [4.78, 5) is 0. The summed E-state index contributed by atoms with van der Waals surface area (Å²) < 4.78 is 134. The van der Waals surface area contributed by atoms with Gasteiger partial charge in [-0.2, -0.15) is 5.26 Å². The van der Waals surface area contributed by atoms with Crippen molar-refractivity contribution in [3.8, 4) is 23.3 Å². The van der Waals surface area contributed by atoms with Crippen molar-refractivity contribution in [2.75, 3.05) is 0 Å². The van der Waals surface area contributed by atoms with Gasteiger partial charge in [0.25, 0.3) is 1.43 Å². The molecule has 1 N–H and O–H groups in total. The van der Waals surface area contributed by atoms with E-state index >= 15 is 4.39 Å². The monoisotopic (exact) mass is 372 g/mol. The second-order valence-corrected chi connectivity index (χ2v) is 5.01. The highest BCUT2D eigenvalue weighted by Gasteiger charge is 2.11. The Hall–Kier alpha value is -3.78. The third kappa shape index (κ3) is 3.21. The van der Waals surface area contributed by atoms with Gasteiger partial charge in [0.15, 0.2) is 11.6 Å². The largest absolute Gasteiger partial charge is 0.507 e. The van der Waals surface area contributed by atoms with Crippen LogP contribution in [-0.4, -0.2) is 11.1 Å². The fraction of sp³-hybridized carbons (Fsp3) is 0.0455. The summed E-state index contributed by atoms with van der Waals surface area (Å²) in [5, 5.41) is 13.4. The van der Waals surface area contributed by atoms with Crippen molar-refractivity contribution in [3.05, 3.63) is 89.6 Å². The summed E-state index contributed by atoms with van der Waals surface area (Å²) >= 11 is 0. The van der Waals surface area contributed by atoms with Crippen molar-refractivity contribution in [1.82, 2.24) is 4.57 Å². The Morgan fingerprint density at radius 3 is 3.00 bits per heavy atom. The minimum atomic E-state index is -3.19. The molecule has 1 heterocycles. The van der Waals surface area contributed by atoms with Gasteiger partial charge >= 0.3 is 0 Å². The van der Waals surface area contributed by atoms with E-state index in [-0.39, 0.29) is 0 Å². The first-order valence-electron chi connectivity index (χ1n) is 14.2. The van der Waals surface area contributed by atoms with E-state index < -0.39 is 118 Å². The summed E-state index contributed by atoms with van der Waals surface area (Å²) in [7, 11) is 0. The summed E-state index contributed by atoms with van der Waals surface area (Å²) in [6.45, 7) is -3.19. The highest BCUT2D eigenvalue weighted by Crippen LogP contribution is 2.30. The SMILES string of the molecule is [2H]Oc1c([2H])c(C#N)c([2H])c2c1c([2H])c([2H])n2-c1c([2H])c([2H])c(OC([2H])([2H])c2cc([2H])c([2H])c([2H])c2[2H])c(F)c1[2H]. The molecule has 1 aromatic heterocycles. The highest BCUT2D eigenvalue weighted by molar-refractivity contribution is 5.89. The normalized spacial score (nSPS) is 18.4. The predicted octanol–water partition coefficient (Wildman–Crippen LogP) is 4.93. The molecule has 4 rings (SSSR count). The Morgan fingerprint density at radius 2 is 2.15 bits per heavy atom. The van der Waals surface area contributed by atoms with Crippen LogP contribution < -0.4 is 4.74 Å². The number of ether oxygens (including phenoxy) is 1. The van der Waals surface area contributed by atoms with Crippen LogP contribution >= 0.6 is 0 Å². The molecule has 0 saturated carbocycles. The number of hydrogen-bond acceptors (Lipinski definition) is 3. The number of nitriles is 1. The lowest BCUT2D eigenvalue weighted by atomic mass is 10.1. The van der Waals surface area contributed by atoms with Gasteiger partial charge < -0.3 is 14.4 Å². The zero-order valence-corrected chi connectivity index (χ0v) is 13.2. The summed E-state index contributed by atoms with van der Waals surface area (Å²) in [5.41, 5.74) is -2.84. The molecular formula is C22H15FN2O2. The first kappa shape index (κ1) is 7.09. The van der Waals surface area contributed by atoms with Crippen LogP contribution in [0.3, 0.4) is 0 Å². The molecule has 0 unspecified atom stereocenters. The van der Waals surface area contributed by atoms with Gasteiger partial charge in [0.05, 0.1) is 35.0 Å². The van der Waals surface area contributed by atoms with Crippen LogP contribution in [0.1, 0.15) is 28.9 Å². The Morgan fingerprint density at radius 1 is 1.22 bits per heavy atom. The fourth-order valence-electron chi connectivity index (χ4n) is 2.16. The van der Waals surface area contributed by atoms with Gasteiger partial charge in [-0.25, -0.2) is 4.39 Å².